The number of carbonyl (C=O) groups excluding carboxylic acids is 2. The molecule has 1 atom stereocenters. The number of nitrogens with one attached hydrogen (secondary N) is 2. The van der Waals surface area contributed by atoms with E-state index in [1.807, 2.05) is 48.5 Å². The van der Waals surface area contributed by atoms with E-state index < -0.39 is 0 Å². The molecular formula is C22H24N2O3. The Hall–Kier alpha value is -2.92. The second-order valence-corrected chi connectivity index (χ2v) is 6.92. The topological polar surface area (TPSA) is 71.3 Å². The van der Waals surface area contributed by atoms with Crippen LogP contribution in [0.3, 0.4) is 0 Å². The lowest BCUT2D eigenvalue weighted by atomic mass is 9.96. The highest BCUT2D eigenvalue weighted by molar-refractivity contribution is 6.11. The molecule has 5 heteroatoms. The van der Waals surface area contributed by atoms with E-state index in [4.69, 9.17) is 4.42 Å². The van der Waals surface area contributed by atoms with E-state index in [1.54, 1.807) is 6.07 Å². The fourth-order valence-corrected chi connectivity index (χ4v) is 3.20. The molecule has 0 aliphatic rings. The summed E-state index contributed by atoms with van der Waals surface area (Å²) in [6, 6.07) is 17.4. The number of rotatable bonds is 7. The summed E-state index contributed by atoms with van der Waals surface area (Å²) < 4.78 is 5.61. The third-order valence-corrected chi connectivity index (χ3v) is 4.49. The maximum Gasteiger partial charge on any atom is 0.238 e. The van der Waals surface area contributed by atoms with Crippen molar-refractivity contribution in [3.8, 4) is 0 Å². The van der Waals surface area contributed by atoms with Crippen LogP contribution in [-0.4, -0.2) is 18.2 Å². The average molecular weight is 364 g/mol. The van der Waals surface area contributed by atoms with E-state index in [-0.39, 0.29) is 30.0 Å². The van der Waals surface area contributed by atoms with E-state index in [0.29, 0.717) is 17.2 Å². The zero-order chi connectivity index (χ0) is 19.4. The number of anilines is 1. The van der Waals surface area contributed by atoms with Crippen molar-refractivity contribution in [1.82, 2.24) is 5.32 Å². The molecule has 0 fully saturated rings. The van der Waals surface area contributed by atoms with Gasteiger partial charge in [0.15, 0.2) is 11.5 Å². The number of hydrogen-bond donors (Lipinski definition) is 2. The van der Waals surface area contributed by atoms with Crippen LogP contribution >= 0.6 is 0 Å². The Labute approximate surface area is 158 Å². The van der Waals surface area contributed by atoms with Crippen LogP contribution in [0.4, 0.5) is 5.69 Å². The maximum absolute atomic E-state index is 12.6. The van der Waals surface area contributed by atoms with Crippen LogP contribution in [0.2, 0.25) is 0 Å². The summed E-state index contributed by atoms with van der Waals surface area (Å²) in [7, 11) is 0. The van der Waals surface area contributed by atoms with Gasteiger partial charge in [0.05, 0.1) is 12.2 Å². The van der Waals surface area contributed by atoms with Crippen molar-refractivity contribution in [3.63, 3.8) is 0 Å². The van der Waals surface area contributed by atoms with Crippen molar-refractivity contribution < 1.29 is 14.0 Å². The first-order valence-electron chi connectivity index (χ1n) is 9.08. The minimum Gasteiger partial charge on any atom is -0.451 e. The van der Waals surface area contributed by atoms with Gasteiger partial charge in [-0.05, 0) is 23.6 Å². The lowest BCUT2D eigenvalue weighted by molar-refractivity contribution is -0.115. The van der Waals surface area contributed by atoms with E-state index in [9.17, 15) is 9.59 Å². The Kier molecular flexibility index (Phi) is 5.72. The van der Waals surface area contributed by atoms with E-state index >= 15 is 0 Å². The molecule has 2 N–H and O–H groups in total. The summed E-state index contributed by atoms with van der Waals surface area (Å²) in [4.78, 5) is 24.5. The highest BCUT2D eigenvalue weighted by Gasteiger charge is 2.21. The number of benzene rings is 2. The van der Waals surface area contributed by atoms with Crippen molar-refractivity contribution in [2.24, 2.45) is 5.92 Å². The van der Waals surface area contributed by atoms with Gasteiger partial charge in [0.1, 0.15) is 5.58 Å². The molecule has 5 nitrogen and oxygen atoms in total. The van der Waals surface area contributed by atoms with Gasteiger partial charge in [0.2, 0.25) is 5.91 Å². The third-order valence-electron chi connectivity index (χ3n) is 4.49. The van der Waals surface area contributed by atoms with Crippen molar-refractivity contribution in [1.29, 1.82) is 0 Å². The first kappa shape index (κ1) is 18.9. The molecule has 1 heterocycles. The van der Waals surface area contributed by atoms with Gasteiger partial charge in [-0.3, -0.25) is 9.59 Å². The monoisotopic (exact) mass is 364 g/mol. The molecule has 0 aliphatic carbocycles. The zero-order valence-corrected chi connectivity index (χ0v) is 15.8. The summed E-state index contributed by atoms with van der Waals surface area (Å²) in [6.07, 6.45) is 0. The van der Waals surface area contributed by atoms with Crippen LogP contribution in [0.15, 0.2) is 59.0 Å². The molecule has 140 valence electrons. The van der Waals surface area contributed by atoms with Gasteiger partial charge >= 0.3 is 0 Å². The summed E-state index contributed by atoms with van der Waals surface area (Å²) in [5.74, 6) is 0.0557. The molecule has 0 saturated heterocycles. The van der Waals surface area contributed by atoms with Gasteiger partial charge in [0.25, 0.3) is 0 Å². The number of amides is 1. The Morgan fingerprint density at radius 1 is 1.00 bits per heavy atom. The third kappa shape index (κ3) is 4.26. The van der Waals surface area contributed by atoms with Gasteiger partial charge in [0, 0.05) is 18.4 Å². The molecule has 3 aromatic rings. The first-order valence-corrected chi connectivity index (χ1v) is 9.08. The van der Waals surface area contributed by atoms with Crippen molar-refractivity contribution in [2.75, 3.05) is 11.9 Å². The number of Topliss-reactive ketones (excluding diaryl/α,β-unsaturated/α-hetero) is 1. The van der Waals surface area contributed by atoms with Crippen molar-refractivity contribution in [3.05, 3.63) is 65.9 Å². The fraction of sp³-hybridized carbons (Fsp3) is 0.273. The maximum atomic E-state index is 12.6. The largest absolute Gasteiger partial charge is 0.451 e. The summed E-state index contributed by atoms with van der Waals surface area (Å²) >= 11 is 0. The lowest BCUT2D eigenvalue weighted by Gasteiger charge is -2.22. The summed E-state index contributed by atoms with van der Waals surface area (Å²) in [6.45, 7) is 5.78. The lowest BCUT2D eigenvalue weighted by Crippen LogP contribution is -2.33. The number of furan rings is 1. The van der Waals surface area contributed by atoms with E-state index in [1.165, 1.54) is 6.92 Å². The minimum atomic E-state index is -0.223. The van der Waals surface area contributed by atoms with Crippen molar-refractivity contribution >= 4 is 28.3 Å². The summed E-state index contributed by atoms with van der Waals surface area (Å²) in [5, 5.41) is 6.88. The van der Waals surface area contributed by atoms with E-state index in [2.05, 4.69) is 24.5 Å². The van der Waals surface area contributed by atoms with Gasteiger partial charge in [-0.2, -0.15) is 0 Å². The average Bonchev–Trinajstić information content (AvgIpc) is 3.01. The van der Waals surface area contributed by atoms with Crippen LogP contribution in [0, 0.1) is 5.92 Å². The Morgan fingerprint density at radius 3 is 2.33 bits per heavy atom. The molecule has 1 aromatic heterocycles. The molecule has 1 amide bonds. The van der Waals surface area contributed by atoms with Crippen molar-refractivity contribution in [2.45, 2.75) is 26.8 Å². The Morgan fingerprint density at radius 2 is 1.67 bits per heavy atom. The van der Waals surface area contributed by atoms with Crippen LogP contribution < -0.4 is 10.6 Å². The predicted molar refractivity (Wildman–Crippen MR) is 107 cm³/mol. The highest BCUT2D eigenvalue weighted by atomic mass is 16.3. The fourth-order valence-electron chi connectivity index (χ4n) is 3.20. The quantitative estimate of drug-likeness (QED) is 0.603. The predicted octanol–water partition coefficient (Wildman–Crippen LogP) is 4.56. The number of carbonyl (C=O) groups is 2. The van der Waals surface area contributed by atoms with Gasteiger partial charge in [-0.15, -0.1) is 0 Å². The number of hydrogen-bond acceptors (Lipinski definition) is 4. The molecule has 2 aromatic carbocycles. The van der Waals surface area contributed by atoms with Crippen LogP contribution in [0.5, 0.6) is 0 Å². The molecule has 0 spiro atoms. The Balaban J connectivity index is 1.75. The molecule has 0 saturated carbocycles. The summed E-state index contributed by atoms with van der Waals surface area (Å²) in [5.41, 5.74) is 2.15. The number of ketones is 1. The number of fused-ring (bicyclic) bond motifs is 1. The number of para-hydroxylation sites is 1. The van der Waals surface area contributed by atoms with Crippen LogP contribution in [-0.2, 0) is 4.79 Å². The molecule has 0 bridgehead atoms. The molecule has 0 unspecified atom stereocenters. The van der Waals surface area contributed by atoms with Crippen LogP contribution in [0.25, 0.3) is 11.0 Å². The minimum absolute atomic E-state index is 0.0605. The molecule has 3 rings (SSSR count). The SMILES string of the molecule is CC(=O)c1oc2ccccc2c1NC(=O)CN[C@@H](c1ccccc1)C(C)C. The van der Waals surface area contributed by atoms with Crippen LogP contribution in [0.1, 0.15) is 42.9 Å². The highest BCUT2D eigenvalue weighted by Crippen LogP contribution is 2.31. The second-order valence-electron chi connectivity index (χ2n) is 6.92. The van der Waals surface area contributed by atoms with Gasteiger partial charge in [-0.1, -0.05) is 56.3 Å². The zero-order valence-electron chi connectivity index (χ0n) is 15.8. The molecular weight excluding hydrogens is 340 g/mol. The molecule has 0 aliphatic heterocycles. The smallest absolute Gasteiger partial charge is 0.238 e. The van der Waals surface area contributed by atoms with E-state index in [0.717, 1.165) is 10.9 Å². The second kappa shape index (κ2) is 8.18. The normalized spacial score (nSPS) is 12.3. The molecule has 27 heavy (non-hydrogen) atoms. The van der Waals surface area contributed by atoms with Gasteiger partial charge < -0.3 is 15.1 Å². The first-order chi connectivity index (χ1) is 13.0. The Bertz CT molecular complexity index is 945. The van der Waals surface area contributed by atoms with Gasteiger partial charge in [-0.25, -0.2) is 0 Å². The standard InChI is InChI=1S/C22H24N2O3/c1-14(2)20(16-9-5-4-6-10-16)23-13-19(26)24-21-17-11-7-8-12-18(17)27-22(21)15(3)25/h4-12,14,20,23H,13H2,1-3H3,(H,24,26)/t20-/m1/s1. The molecule has 0 radical (unpaired) electrons.